The van der Waals surface area contributed by atoms with Gasteiger partial charge in [-0.1, -0.05) is 49.2 Å². The van der Waals surface area contributed by atoms with Crippen molar-refractivity contribution in [1.82, 2.24) is 15.5 Å². The lowest BCUT2D eigenvalue weighted by molar-refractivity contribution is -0.137. The maximum atomic E-state index is 13.3. The molecule has 4 N–H and O–H groups in total. The van der Waals surface area contributed by atoms with E-state index in [1.54, 1.807) is 7.05 Å². The van der Waals surface area contributed by atoms with Crippen LogP contribution < -0.4 is 16.0 Å². The highest BCUT2D eigenvalue weighted by atomic mass is 19.4. The summed E-state index contributed by atoms with van der Waals surface area (Å²) in [7, 11) is 1.60. The summed E-state index contributed by atoms with van der Waals surface area (Å²) in [4.78, 5) is 27.2. The molecule has 0 radical (unpaired) electrons. The Morgan fingerprint density at radius 1 is 1.16 bits per heavy atom. The number of benzene rings is 2. The first kappa shape index (κ1) is 26.5. The summed E-state index contributed by atoms with van der Waals surface area (Å²) in [5, 5.41) is 16.7. The van der Waals surface area contributed by atoms with Gasteiger partial charge in [-0.3, -0.25) is 15.1 Å². The lowest BCUT2D eigenvalue weighted by Gasteiger charge is -2.36. The lowest BCUT2D eigenvalue weighted by atomic mass is 9.75. The number of hydrogen-bond acceptors (Lipinski definition) is 3. The zero-order valence-electron chi connectivity index (χ0n) is 20.7. The summed E-state index contributed by atoms with van der Waals surface area (Å²) < 4.78 is 38.9. The summed E-state index contributed by atoms with van der Waals surface area (Å²) in [6.07, 6.45) is 0.440. The minimum atomic E-state index is -4.49. The second-order valence-electron chi connectivity index (χ2n) is 10.0. The van der Waals surface area contributed by atoms with Crippen LogP contribution in [0.15, 0.2) is 54.6 Å². The number of carbonyl (C=O) groups excluding carboxylic acids is 2. The molecular formula is C27H32F3N5O2. The third-order valence-corrected chi connectivity index (χ3v) is 7.29. The van der Waals surface area contributed by atoms with Gasteiger partial charge in [-0.2, -0.15) is 13.2 Å². The van der Waals surface area contributed by atoms with E-state index < -0.39 is 23.3 Å². The molecule has 0 unspecified atom stereocenters. The maximum absolute atomic E-state index is 13.3. The van der Waals surface area contributed by atoms with Gasteiger partial charge in [0.25, 0.3) is 5.91 Å². The van der Waals surface area contributed by atoms with E-state index >= 15 is 0 Å². The lowest BCUT2D eigenvalue weighted by Crippen LogP contribution is -2.50. The van der Waals surface area contributed by atoms with Crippen LogP contribution in [0, 0.1) is 11.3 Å². The number of halogens is 3. The highest BCUT2D eigenvalue weighted by Crippen LogP contribution is 2.36. The van der Waals surface area contributed by atoms with E-state index in [-0.39, 0.29) is 29.5 Å². The van der Waals surface area contributed by atoms with Crippen LogP contribution in [0.3, 0.4) is 0 Å². The van der Waals surface area contributed by atoms with Crippen LogP contribution >= 0.6 is 0 Å². The molecule has 0 bridgehead atoms. The Morgan fingerprint density at radius 3 is 2.59 bits per heavy atom. The van der Waals surface area contributed by atoms with Gasteiger partial charge in [-0.05, 0) is 61.8 Å². The number of aryl methyl sites for hydroxylation is 1. The molecule has 0 aromatic heterocycles. The van der Waals surface area contributed by atoms with Crippen molar-refractivity contribution in [2.75, 3.05) is 12.4 Å². The smallest absolute Gasteiger partial charge is 0.342 e. The Hall–Kier alpha value is -3.56. The molecule has 10 heteroatoms. The molecule has 4 rings (SSSR count). The number of alkyl halides is 3. The fraction of sp³-hybridized carbons (Fsp3) is 0.444. The molecular weight excluding hydrogens is 483 g/mol. The van der Waals surface area contributed by atoms with Crippen LogP contribution in [-0.4, -0.2) is 41.4 Å². The second kappa shape index (κ2) is 10.8. The molecule has 2 fully saturated rings. The van der Waals surface area contributed by atoms with Crippen molar-refractivity contribution in [3.63, 3.8) is 0 Å². The quantitative estimate of drug-likeness (QED) is 0.411. The summed E-state index contributed by atoms with van der Waals surface area (Å²) >= 11 is 0. The van der Waals surface area contributed by atoms with Crippen LogP contribution in [0.25, 0.3) is 0 Å². The minimum absolute atomic E-state index is 0.0712. The monoisotopic (exact) mass is 515 g/mol. The number of nitrogens with one attached hydrogen (secondary N) is 4. The molecule has 7 nitrogen and oxygen atoms in total. The Kier molecular flexibility index (Phi) is 7.75. The number of guanidine groups is 1. The first-order chi connectivity index (χ1) is 17.6. The standard InChI is InChI=1S/C27H32F3N5O2/c1-35-23(36)26(34-24(35)31,14-13-18-7-3-2-4-8-18)17-19-9-5-11-21(15-19)32-25(37)33-22-12-6-10-20(16-22)27(28,29)30/h2-4,6-8,10,12,16,19,21H,5,9,11,13-15,17H2,1H3,(H2,31,34)(H2,32,33,37)/t19-,21+,26+/m0/s1. The van der Waals surface area contributed by atoms with Gasteiger partial charge in [0.2, 0.25) is 0 Å². The van der Waals surface area contributed by atoms with E-state index in [2.05, 4.69) is 16.0 Å². The van der Waals surface area contributed by atoms with Gasteiger partial charge in [-0.25, -0.2) is 4.79 Å². The fourth-order valence-electron chi connectivity index (χ4n) is 5.42. The highest BCUT2D eigenvalue weighted by Gasteiger charge is 2.49. The van der Waals surface area contributed by atoms with E-state index in [9.17, 15) is 22.8 Å². The zero-order chi connectivity index (χ0) is 26.6. The Balaban J connectivity index is 1.39. The zero-order valence-corrected chi connectivity index (χ0v) is 20.7. The number of hydrogen-bond donors (Lipinski definition) is 4. The average molecular weight is 516 g/mol. The Bertz CT molecular complexity index is 1140. The van der Waals surface area contributed by atoms with E-state index in [0.717, 1.165) is 37.0 Å². The third kappa shape index (κ3) is 6.42. The van der Waals surface area contributed by atoms with Crippen molar-refractivity contribution < 1.29 is 22.8 Å². The first-order valence-electron chi connectivity index (χ1n) is 12.5. The van der Waals surface area contributed by atoms with Crippen molar-refractivity contribution in [2.45, 2.75) is 62.7 Å². The molecule has 1 saturated heterocycles. The van der Waals surface area contributed by atoms with E-state index in [4.69, 9.17) is 5.41 Å². The van der Waals surface area contributed by atoms with Crippen LogP contribution in [0.4, 0.5) is 23.7 Å². The van der Waals surface area contributed by atoms with Crippen molar-refractivity contribution in [2.24, 2.45) is 5.92 Å². The summed E-state index contributed by atoms with van der Waals surface area (Å²) in [5.41, 5.74) is -0.518. The number of nitrogens with zero attached hydrogens (tertiary/aromatic N) is 1. The van der Waals surface area contributed by atoms with Crippen LogP contribution in [0.1, 0.15) is 49.7 Å². The van der Waals surface area contributed by atoms with Crippen molar-refractivity contribution >= 4 is 23.6 Å². The van der Waals surface area contributed by atoms with Crippen molar-refractivity contribution in [3.8, 4) is 0 Å². The van der Waals surface area contributed by atoms with Gasteiger partial charge in [0.05, 0.1) is 5.56 Å². The van der Waals surface area contributed by atoms with Crippen LogP contribution in [0.2, 0.25) is 0 Å². The van der Waals surface area contributed by atoms with Gasteiger partial charge >= 0.3 is 12.2 Å². The summed E-state index contributed by atoms with van der Waals surface area (Å²) in [6, 6.07) is 13.7. The predicted octanol–water partition coefficient (Wildman–Crippen LogP) is 5.14. The number of anilines is 1. The Morgan fingerprint density at radius 2 is 1.92 bits per heavy atom. The summed E-state index contributed by atoms with van der Waals surface area (Å²) in [5.74, 6) is 0.106. The van der Waals surface area contributed by atoms with E-state index in [1.165, 1.54) is 17.0 Å². The van der Waals surface area contributed by atoms with Gasteiger partial charge in [-0.15, -0.1) is 0 Å². The van der Waals surface area contributed by atoms with Gasteiger partial charge in [0.15, 0.2) is 5.96 Å². The van der Waals surface area contributed by atoms with Gasteiger partial charge in [0, 0.05) is 18.8 Å². The maximum Gasteiger partial charge on any atom is 0.416 e. The molecule has 3 atom stereocenters. The van der Waals surface area contributed by atoms with Crippen molar-refractivity contribution in [1.29, 1.82) is 5.41 Å². The topological polar surface area (TPSA) is 97.3 Å². The highest BCUT2D eigenvalue weighted by molar-refractivity contribution is 6.07. The van der Waals surface area contributed by atoms with E-state index in [1.807, 2.05) is 30.3 Å². The molecule has 2 aromatic carbocycles. The molecule has 198 valence electrons. The number of carbonyl (C=O) groups is 2. The SMILES string of the molecule is CN1C(=N)N[C@](CCc2ccccc2)(C[C@H]2CCC[C@@H](NC(=O)Nc3cccc(C(F)(F)F)c3)C2)C1=O. The fourth-order valence-corrected chi connectivity index (χ4v) is 5.42. The largest absolute Gasteiger partial charge is 0.416 e. The second-order valence-corrected chi connectivity index (χ2v) is 10.0. The number of rotatable bonds is 7. The molecule has 2 aliphatic rings. The minimum Gasteiger partial charge on any atom is -0.342 e. The van der Waals surface area contributed by atoms with Gasteiger partial charge in [0.1, 0.15) is 5.54 Å². The number of likely N-dealkylation sites (N-methyl/N-ethyl adjacent to an activating group) is 1. The number of urea groups is 1. The Labute approximate surface area is 214 Å². The molecule has 3 amide bonds. The predicted molar refractivity (Wildman–Crippen MR) is 135 cm³/mol. The third-order valence-electron chi connectivity index (χ3n) is 7.29. The molecule has 1 saturated carbocycles. The van der Waals surface area contributed by atoms with E-state index in [0.29, 0.717) is 25.7 Å². The van der Waals surface area contributed by atoms with Crippen molar-refractivity contribution in [3.05, 3.63) is 65.7 Å². The van der Waals surface area contributed by atoms with Crippen LogP contribution in [0.5, 0.6) is 0 Å². The molecule has 1 aliphatic carbocycles. The molecule has 1 heterocycles. The van der Waals surface area contributed by atoms with Crippen LogP contribution in [-0.2, 0) is 17.4 Å². The van der Waals surface area contributed by atoms with Gasteiger partial charge < -0.3 is 16.0 Å². The first-order valence-corrected chi connectivity index (χ1v) is 12.5. The molecule has 0 spiro atoms. The normalized spacial score (nSPS) is 24.1. The number of amides is 3. The summed E-state index contributed by atoms with van der Waals surface area (Å²) in [6.45, 7) is 0. The molecule has 1 aliphatic heterocycles. The average Bonchev–Trinajstić information content (AvgIpc) is 3.06. The molecule has 37 heavy (non-hydrogen) atoms. The molecule has 2 aromatic rings.